The van der Waals surface area contributed by atoms with Crippen molar-refractivity contribution in [1.29, 1.82) is 0 Å². The number of halogens is 1. The Labute approximate surface area is 189 Å². The third kappa shape index (κ3) is 8.71. The first-order chi connectivity index (χ1) is 13.2. The van der Waals surface area contributed by atoms with E-state index in [1.54, 1.807) is 7.11 Å². The largest absolute Gasteiger partial charge is 0.382 e. The first kappa shape index (κ1) is 25.9. The van der Waals surface area contributed by atoms with Crippen molar-refractivity contribution >= 4 is 29.9 Å². The molecule has 1 N–H and O–H groups in total. The number of hydrogen-bond acceptors (Lipinski definition) is 4. The number of likely N-dealkylation sites (N-methyl/N-ethyl adjacent to an activating group) is 1. The number of rotatable bonds is 10. The maximum Gasteiger partial charge on any atom is 0.193 e. The van der Waals surface area contributed by atoms with E-state index >= 15 is 0 Å². The predicted octanol–water partition coefficient (Wildman–Crippen LogP) is 3.07. The molecule has 1 aliphatic carbocycles. The third-order valence-corrected chi connectivity index (χ3v) is 5.99. The Morgan fingerprint density at radius 2 is 1.93 bits per heavy atom. The standard InChI is InChI=1S/C21H42N4O2.HI/c1-5-22-21(25-12-11-18(16-25)17-27-14-13-26-4)23-15-20(24(2)3)19-9-7-6-8-10-19;/h18-20H,5-17H2,1-4H3,(H,22,23);1H. The Balaban J connectivity index is 0.00000392. The normalized spacial score (nSPS) is 22.4. The highest BCUT2D eigenvalue weighted by Gasteiger charge is 2.27. The van der Waals surface area contributed by atoms with Crippen molar-refractivity contribution in [3.8, 4) is 0 Å². The first-order valence-corrected chi connectivity index (χ1v) is 10.9. The smallest absolute Gasteiger partial charge is 0.193 e. The van der Waals surface area contributed by atoms with Gasteiger partial charge in [0.15, 0.2) is 5.96 Å². The number of ether oxygens (including phenoxy) is 2. The minimum Gasteiger partial charge on any atom is -0.382 e. The van der Waals surface area contributed by atoms with Crippen LogP contribution in [-0.4, -0.2) is 89.0 Å². The minimum absolute atomic E-state index is 0. The van der Waals surface area contributed by atoms with Crippen LogP contribution < -0.4 is 5.32 Å². The van der Waals surface area contributed by atoms with Gasteiger partial charge in [-0.15, -0.1) is 24.0 Å². The summed E-state index contributed by atoms with van der Waals surface area (Å²) in [6, 6.07) is 0.551. The summed E-state index contributed by atoms with van der Waals surface area (Å²) in [6.07, 6.45) is 8.08. The van der Waals surface area contributed by atoms with Crippen LogP contribution >= 0.6 is 24.0 Å². The van der Waals surface area contributed by atoms with Crippen molar-refractivity contribution in [2.75, 3.05) is 67.2 Å². The number of aliphatic imine (C=N–C) groups is 1. The van der Waals surface area contributed by atoms with E-state index in [2.05, 4.69) is 36.1 Å². The van der Waals surface area contributed by atoms with Gasteiger partial charge in [0, 0.05) is 38.7 Å². The van der Waals surface area contributed by atoms with Crippen LogP contribution in [0, 0.1) is 11.8 Å². The molecule has 2 aliphatic rings. The number of nitrogens with zero attached hydrogens (tertiary/aromatic N) is 3. The van der Waals surface area contributed by atoms with Crippen molar-refractivity contribution in [3.05, 3.63) is 0 Å². The van der Waals surface area contributed by atoms with E-state index < -0.39 is 0 Å². The molecule has 2 atom stereocenters. The van der Waals surface area contributed by atoms with Crippen molar-refractivity contribution in [2.45, 2.75) is 51.5 Å². The number of methoxy groups -OCH3 is 1. The lowest BCUT2D eigenvalue weighted by atomic mass is 9.83. The topological polar surface area (TPSA) is 49.3 Å². The Kier molecular flexibility index (Phi) is 13.7. The Hall–Kier alpha value is -0.120. The van der Waals surface area contributed by atoms with Crippen LogP contribution in [0.2, 0.25) is 0 Å². The quantitative estimate of drug-likeness (QED) is 0.212. The zero-order chi connectivity index (χ0) is 19.5. The first-order valence-electron chi connectivity index (χ1n) is 10.9. The summed E-state index contributed by atoms with van der Waals surface area (Å²) < 4.78 is 10.8. The van der Waals surface area contributed by atoms with Gasteiger partial charge in [-0.1, -0.05) is 19.3 Å². The summed E-state index contributed by atoms with van der Waals surface area (Å²) in [5.74, 6) is 2.47. The van der Waals surface area contributed by atoms with Gasteiger partial charge in [-0.2, -0.15) is 0 Å². The molecule has 0 aromatic heterocycles. The van der Waals surface area contributed by atoms with Gasteiger partial charge in [0.05, 0.1) is 26.4 Å². The van der Waals surface area contributed by atoms with Crippen LogP contribution in [0.25, 0.3) is 0 Å². The van der Waals surface area contributed by atoms with Gasteiger partial charge in [-0.3, -0.25) is 4.99 Å². The molecule has 1 saturated heterocycles. The second-order valence-corrected chi connectivity index (χ2v) is 8.29. The fraction of sp³-hybridized carbons (Fsp3) is 0.952. The molecule has 0 aromatic carbocycles. The molecule has 7 heteroatoms. The summed E-state index contributed by atoms with van der Waals surface area (Å²) in [6.45, 7) is 8.25. The molecule has 6 nitrogen and oxygen atoms in total. The summed E-state index contributed by atoms with van der Waals surface area (Å²) >= 11 is 0. The number of likely N-dealkylation sites (tertiary alicyclic amines) is 1. The average Bonchev–Trinajstić information content (AvgIpc) is 3.14. The van der Waals surface area contributed by atoms with Gasteiger partial charge in [0.1, 0.15) is 0 Å². The highest BCUT2D eigenvalue weighted by molar-refractivity contribution is 14.0. The second kappa shape index (κ2) is 14.8. The predicted molar refractivity (Wildman–Crippen MR) is 128 cm³/mol. The third-order valence-electron chi connectivity index (χ3n) is 5.99. The number of hydrogen-bond donors (Lipinski definition) is 1. The number of nitrogens with one attached hydrogen (secondary N) is 1. The molecule has 0 aromatic rings. The van der Waals surface area contributed by atoms with Crippen LogP contribution in [-0.2, 0) is 9.47 Å². The fourth-order valence-corrected chi connectivity index (χ4v) is 4.41. The molecular formula is C21H43IN4O2. The summed E-state index contributed by atoms with van der Waals surface area (Å²) in [5, 5.41) is 3.52. The molecule has 0 bridgehead atoms. The molecule has 2 rings (SSSR count). The lowest BCUT2D eigenvalue weighted by Crippen LogP contribution is -2.43. The van der Waals surface area contributed by atoms with E-state index in [0.717, 1.165) is 44.7 Å². The van der Waals surface area contributed by atoms with Gasteiger partial charge in [0.2, 0.25) is 0 Å². The van der Waals surface area contributed by atoms with E-state index in [1.807, 2.05) is 0 Å². The van der Waals surface area contributed by atoms with E-state index in [9.17, 15) is 0 Å². The van der Waals surface area contributed by atoms with Crippen molar-refractivity contribution in [3.63, 3.8) is 0 Å². The van der Waals surface area contributed by atoms with Crippen LogP contribution in [0.4, 0.5) is 0 Å². The maximum absolute atomic E-state index is 5.74. The molecule has 0 amide bonds. The van der Waals surface area contributed by atoms with Gasteiger partial charge < -0.3 is 24.6 Å². The van der Waals surface area contributed by atoms with Gasteiger partial charge in [-0.25, -0.2) is 0 Å². The maximum atomic E-state index is 5.74. The molecule has 2 fully saturated rings. The van der Waals surface area contributed by atoms with Crippen LogP contribution in [0.5, 0.6) is 0 Å². The summed E-state index contributed by atoms with van der Waals surface area (Å²) in [5.41, 5.74) is 0. The molecule has 0 radical (unpaired) electrons. The Bertz CT molecular complexity index is 431. The molecular weight excluding hydrogens is 467 g/mol. The van der Waals surface area contributed by atoms with Crippen molar-refractivity contribution in [1.82, 2.24) is 15.1 Å². The molecule has 28 heavy (non-hydrogen) atoms. The summed E-state index contributed by atoms with van der Waals surface area (Å²) in [7, 11) is 6.14. The number of guanidine groups is 1. The molecule has 1 aliphatic heterocycles. The molecule has 1 heterocycles. The Morgan fingerprint density at radius 3 is 2.57 bits per heavy atom. The lowest BCUT2D eigenvalue weighted by molar-refractivity contribution is 0.0536. The second-order valence-electron chi connectivity index (χ2n) is 8.29. The fourth-order valence-electron chi connectivity index (χ4n) is 4.41. The van der Waals surface area contributed by atoms with E-state index in [-0.39, 0.29) is 24.0 Å². The zero-order valence-electron chi connectivity index (χ0n) is 18.5. The monoisotopic (exact) mass is 510 g/mol. The van der Waals surface area contributed by atoms with Crippen LogP contribution in [0.15, 0.2) is 4.99 Å². The minimum atomic E-state index is 0. The van der Waals surface area contributed by atoms with Crippen molar-refractivity contribution < 1.29 is 9.47 Å². The highest BCUT2D eigenvalue weighted by atomic mass is 127. The van der Waals surface area contributed by atoms with Gasteiger partial charge >= 0.3 is 0 Å². The SMILES string of the molecule is CCNC(=NCC(C1CCCCC1)N(C)C)N1CCC(COCCOC)C1.I. The lowest BCUT2D eigenvalue weighted by Gasteiger charge is -2.34. The average molecular weight is 511 g/mol. The van der Waals surface area contributed by atoms with Crippen molar-refractivity contribution in [2.24, 2.45) is 16.8 Å². The van der Waals surface area contributed by atoms with Gasteiger partial charge in [-0.05, 0) is 46.2 Å². The highest BCUT2D eigenvalue weighted by Crippen LogP contribution is 2.28. The Morgan fingerprint density at radius 1 is 1.18 bits per heavy atom. The molecule has 0 spiro atoms. The van der Waals surface area contributed by atoms with Crippen LogP contribution in [0.3, 0.4) is 0 Å². The van der Waals surface area contributed by atoms with E-state index in [4.69, 9.17) is 14.5 Å². The summed E-state index contributed by atoms with van der Waals surface area (Å²) in [4.78, 5) is 9.87. The molecule has 166 valence electrons. The van der Waals surface area contributed by atoms with Crippen LogP contribution in [0.1, 0.15) is 45.4 Å². The zero-order valence-corrected chi connectivity index (χ0v) is 20.8. The molecule has 1 saturated carbocycles. The molecule has 2 unspecified atom stereocenters. The van der Waals surface area contributed by atoms with E-state index in [0.29, 0.717) is 25.2 Å². The van der Waals surface area contributed by atoms with Gasteiger partial charge in [0.25, 0.3) is 0 Å². The van der Waals surface area contributed by atoms with E-state index in [1.165, 1.54) is 38.5 Å².